The minimum absolute atomic E-state index is 0.410. The maximum absolute atomic E-state index is 9.81. The highest BCUT2D eigenvalue weighted by Gasteiger charge is 2.12. The minimum Gasteiger partial charge on any atom is -0.508 e. The second-order valence-corrected chi connectivity index (χ2v) is 4.45. The number of benzene rings is 1. The summed E-state index contributed by atoms with van der Waals surface area (Å²) in [6, 6.07) is 6.36. The van der Waals surface area contributed by atoms with E-state index < -0.39 is 0 Å². The van der Waals surface area contributed by atoms with E-state index in [0.717, 1.165) is 25.1 Å². The summed E-state index contributed by atoms with van der Waals surface area (Å²) < 4.78 is 0. The van der Waals surface area contributed by atoms with Crippen LogP contribution in [0.25, 0.3) is 0 Å². The van der Waals surface area contributed by atoms with Gasteiger partial charge in [0.05, 0.1) is 0 Å². The molecule has 0 aliphatic carbocycles. The van der Waals surface area contributed by atoms with E-state index in [9.17, 15) is 5.11 Å². The lowest BCUT2D eigenvalue weighted by molar-refractivity contribution is 0.204. The average molecular weight is 221 g/mol. The highest BCUT2D eigenvalue weighted by atomic mass is 16.3. The van der Waals surface area contributed by atoms with Crippen molar-refractivity contribution < 1.29 is 5.11 Å². The third-order valence-corrected chi connectivity index (χ3v) is 3.23. The van der Waals surface area contributed by atoms with Crippen LogP contribution < -0.4 is 0 Å². The molecule has 0 heterocycles. The lowest BCUT2D eigenvalue weighted by atomic mass is 10.1. The van der Waals surface area contributed by atoms with Crippen LogP contribution in [-0.2, 0) is 6.54 Å². The van der Waals surface area contributed by atoms with Crippen molar-refractivity contribution in [1.82, 2.24) is 4.90 Å². The monoisotopic (exact) mass is 221 g/mol. The first-order valence-corrected chi connectivity index (χ1v) is 6.11. The molecule has 2 nitrogen and oxygen atoms in total. The van der Waals surface area contributed by atoms with Crippen LogP contribution in [0.5, 0.6) is 5.75 Å². The number of hydrogen-bond acceptors (Lipinski definition) is 2. The van der Waals surface area contributed by atoms with E-state index in [1.165, 1.54) is 5.56 Å². The summed E-state index contributed by atoms with van der Waals surface area (Å²) in [5.74, 6) is 0.410. The van der Waals surface area contributed by atoms with Crippen molar-refractivity contribution in [3.8, 4) is 5.75 Å². The molecule has 0 fully saturated rings. The molecule has 1 atom stereocenters. The van der Waals surface area contributed by atoms with Crippen LogP contribution in [0, 0.1) is 6.92 Å². The van der Waals surface area contributed by atoms with Gasteiger partial charge in [-0.15, -0.1) is 0 Å². The Bertz CT molecular complexity index is 336. The summed E-state index contributed by atoms with van der Waals surface area (Å²) >= 11 is 0. The molecule has 0 aliphatic rings. The molecule has 1 aromatic rings. The van der Waals surface area contributed by atoms with Gasteiger partial charge in [0.25, 0.3) is 0 Å². The quantitative estimate of drug-likeness (QED) is 0.824. The van der Waals surface area contributed by atoms with Gasteiger partial charge in [0.15, 0.2) is 0 Å². The van der Waals surface area contributed by atoms with E-state index in [2.05, 4.69) is 38.7 Å². The highest BCUT2D eigenvalue weighted by Crippen LogP contribution is 2.21. The van der Waals surface area contributed by atoms with Gasteiger partial charge in [0.2, 0.25) is 0 Å². The molecule has 1 unspecified atom stereocenters. The Morgan fingerprint density at radius 3 is 2.56 bits per heavy atom. The number of phenols is 1. The molecule has 0 saturated carbocycles. The van der Waals surface area contributed by atoms with Crippen LogP contribution in [0.2, 0.25) is 0 Å². The first-order chi connectivity index (χ1) is 7.58. The van der Waals surface area contributed by atoms with E-state index in [0.29, 0.717) is 11.8 Å². The maximum Gasteiger partial charge on any atom is 0.120 e. The molecule has 0 bridgehead atoms. The molecule has 0 aromatic heterocycles. The van der Waals surface area contributed by atoms with Gasteiger partial charge in [-0.25, -0.2) is 0 Å². The van der Waals surface area contributed by atoms with Crippen LogP contribution >= 0.6 is 0 Å². The Morgan fingerprint density at radius 2 is 2.00 bits per heavy atom. The predicted molar refractivity (Wildman–Crippen MR) is 68.7 cm³/mol. The number of aryl methyl sites for hydroxylation is 1. The topological polar surface area (TPSA) is 23.5 Å². The Morgan fingerprint density at radius 1 is 1.31 bits per heavy atom. The van der Waals surface area contributed by atoms with Gasteiger partial charge in [-0.05, 0) is 32.9 Å². The van der Waals surface area contributed by atoms with Crippen molar-refractivity contribution in [3.05, 3.63) is 29.3 Å². The van der Waals surface area contributed by atoms with Crippen molar-refractivity contribution >= 4 is 0 Å². The number of aromatic hydroxyl groups is 1. The normalized spacial score (nSPS) is 13.1. The molecule has 16 heavy (non-hydrogen) atoms. The number of hydrogen-bond donors (Lipinski definition) is 1. The first-order valence-electron chi connectivity index (χ1n) is 6.11. The Hall–Kier alpha value is -1.02. The molecule has 1 N–H and O–H groups in total. The molecule has 1 rings (SSSR count). The van der Waals surface area contributed by atoms with E-state index in [4.69, 9.17) is 0 Å². The van der Waals surface area contributed by atoms with E-state index in [-0.39, 0.29) is 0 Å². The summed E-state index contributed by atoms with van der Waals surface area (Å²) in [6.07, 6.45) is 1.14. The third kappa shape index (κ3) is 3.24. The average Bonchev–Trinajstić information content (AvgIpc) is 2.29. The summed E-state index contributed by atoms with van der Waals surface area (Å²) in [7, 11) is 0. The lowest BCUT2D eigenvalue weighted by Gasteiger charge is -2.27. The summed E-state index contributed by atoms with van der Waals surface area (Å²) in [4.78, 5) is 2.38. The van der Waals surface area contributed by atoms with Crippen molar-refractivity contribution in [2.75, 3.05) is 6.54 Å². The van der Waals surface area contributed by atoms with Gasteiger partial charge in [0, 0.05) is 18.2 Å². The fourth-order valence-corrected chi connectivity index (χ4v) is 1.90. The molecule has 90 valence electrons. The minimum atomic E-state index is 0.410. The SMILES string of the molecule is CCC(C)N(CC)Cc1cc(C)ccc1O. The van der Waals surface area contributed by atoms with Gasteiger partial charge in [0.1, 0.15) is 5.75 Å². The lowest BCUT2D eigenvalue weighted by Crippen LogP contribution is -2.31. The van der Waals surface area contributed by atoms with E-state index in [1.807, 2.05) is 6.07 Å². The fraction of sp³-hybridized carbons (Fsp3) is 0.571. The van der Waals surface area contributed by atoms with Crippen LogP contribution in [0.4, 0.5) is 0 Å². The standard InChI is InChI=1S/C14H23NO/c1-5-12(4)15(6-2)10-13-9-11(3)7-8-14(13)16/h7-9,12,16H,5-6,10H2,1-4H3. The van der Waals surface area contributed by atoms with Crippen LogP contribution in [0.3, 0.4) is 0 Å². The van der Waals surface area contributed by atoms with Gasteiger partial charge >= 0.3 is 0 Å². The third-order valence-electron chi connectivity index (χ3n) is 3.23. The molecule has 0 amide bonds. The predicted octanol–water partition coefficient (Wildman–Crippen LogP) is 3.32. The fourth-order valence-electron chi connectivity index (χ4n) is 1.90. The second kappa shape index (κ2) is 5.90. The Balaban J connectivity index is 2.81. The van der Waals surface area contributed by atoms with E-state index >= 15 is 0 Å². The second-order valence-electron chi connectivity index (χ2n) is 4.45. The Kier molecular flexibility index (Phi) is 4.81. The van der Waals surface area contributed by atoms with Crippen molar-refractivity contribution in [2.24, 2.45) is 0 Å². The molecular formula is C14H23NO. The zero-order chi connectivity index (χ0) is 12.1. The summed E-state index contributed by atoms with van der Waals surface area (Å²) in [5.41, 5.74) is 2.23. The zero-order valence-corrected chi connectivity index (χ0v) is 10.8. The smallest absolute Gasteiger partial charge is 0.120 e. The van der Waals surface area contributed by atoms with Crippen LogP contribution in [-0.4, -0.2) is 22.6 Å². The molecule has 1 aromatic carbocycles. The highest BCUT2D eigenvalue weighted by molar-refractivity contribution is 5.35. The molecule has 2 heteroatoms. The molecule has 0 spiro atoms. The molecule has 0 aliphatic heterocycles. The van der Waals surface area contributed by atoms with Gasteiger partial charge in [-0.2, -0.15) is 0 Å². The van der Waals surface area contributed by atoms with Gasteiger partial charge in [-0.1, -0.05) is 31.5 Å². The van der Waals surface area contributed by atoms with E-state index in [1.54, 1.807) is 6.07 Å². The first kappa shape index (κ1) is 13.0. The van der Waals surface area contributed by atoms with Gasteiger partial charge in [-0.3, -0.25) is 4.90 Å². The maximum atomic E-state index is 9.81. The number of phenolic OH excluding ortho intramolecular Hbond substituents is 1. The van der Waals surface area contributed by atoms with Crippen LogP contribution in [0.1, 0.15) is 38.3 Å². The zero-order valence-electron chi connectivity index (χ0n) is 10.8. The summed E-state index contributed by atoms with van der Waals surface area (Å²) in [6.45, 7) is 10.5. The van der Waals surface area contributed by atoms with Crippen molar-refractivity contribution in [2.45, 2.75) is 46.7 Å². The number of rotatable bonds is 5. The van der Waals surface area contributed by atoms with Crippen molar-refractivity contribution in [1.29, 1.82) is 0 Å². The largest absolute Gasteiger partial charge is 0.508 e. The summed E-state index contributed by atoms with van der Waals surface area (Å²) in [5, 5.41) is 9.81. The molecular weight excluding hydrogens is 198 g/mol. The molecule has 0 radical (unpaired) electrons. The van der Waals surface area contributed by atoms with Crippen LogP contribution in [0.15, 0.2) is 18.2 Å². The molecule has 0 saturated heterocycles. The van der Waals surface area contributed by atoms with Gasteiger partial charge < -0.3 is 5.11 Å². The number of nitrogens with zero attached hydrogens (tertiary/aromatic N) is 1. The Labute approximate surface area is 98.9 Å². The van der Waals surface area contributed by atoms with Crippen molar-refractivity contribution in [3.63, 3.8) is 0 Å².